The number of pyridine rings is 1. The molecule has 5 heteroatoms. The molecule has 0 unspecified atom stereocenters. The molecule has 0 N–H and O–H groups in total. The highest BCUT2D eigenvalue weighted by molar-refractivity contribution is 6.32. The molecule has 0 aliphatic carbocycles. The third kappa shape index (κ3) is 4.20. The molecule has 0 saturated carbocycles. The van der Waals surface area contributed by atoms with Crippen molar-refractivity contribution in [3.8, 4) is 5.75 Å². The van der Waals surface area contributed by atoms with E-state index in [0.29, 0.717) is 18.7 Å². The van der Waals surface area contributed by atoms with Crippen LogP contribution in [0.3, 0.4) is 0 Å². The van der Waals surface area contributed by atoms with Crippen LogP contribution in [-0.2, 0) is 0 Å². The van der Waals surface area contributed by atoms with E-state index in [9.17, 15) is 4.79 Å². The first-order valence-electron chi connectivity index (χ1n) is 6.63. The molecular weight excluding hydrogens is 288 g/mol. The maximum Gasteiger partial charge on any atom is 0.256 e. The van der Waals surface area contributed by atoms with Crippen molar-refractivity contribution in [2.45, 2.75) is 6.92 Å². The van der Waals surface area contributed by atoms with Gasteiger partial charge < -0.3 is 9.64 Å². The van der Waals surface area contributed by atoms with Crippen molar-refractivity contribution in [1.82, 2.24) is 9.88 Å². The van der Waals surface area contributed by atoms with Crippen LogP contribution in [0.25, 0.3) is 0 Å². The number of amides is 1. The summed E-state index contributed by atoms with van der Waals surface area (Å²) >= 11 is 5.92. The zero-order chi connectivity index (χ0) is 15.2. The largest absolute Gasteiger partial charge is 0.492 e. The van der Waals surface area contributed by atoms with Crippen molar-refractivity contribution in [3.63, 3.8) is 0 Å². The first-order chi connectivity index (χ1) is 10.1. The van der Waals surface area contributed by atoms with E-state index in [1.807, 2.05) is 31.2 Å². The van der Waals surface area contributed by atoms with Gasteiger partial charge in [0.25, 0.3) is 5.91 Å². The van der Waals surface area contributed by atoms with Crippen LogP contribution in [0.5, 0.6) is 5.75 Å². The molecule has 4 nitrogen and oxygen atoms in total. The predicted molar refractivity (Wildman–Crippen MR) is 82.9 cm³/mol. The van der Waals surface area contributed by atoms with Gasteiger partial charge in [-0.05, 0) is 31.2 Å². The lowest BCUT2D eigenvalue weighted by Gasteiger charge is -2.18. The summed E-state index contributed by atoms with van der Waals surface area (Å²) in [7, 11) is 1.71. The monoisotopic (exact) mass is 304 g/mol. The smallest absolute Gasteiger partial charge is 0.256 e. The third-order valence-electron chi connectivity index (χ3n) is 3.05. The van der Waals surface area contributed by atoms with Crippen LogP contribution in [-0.4, -0.2) is 36.0 Å². The van der Waals surface area contributed by atoms with Gasteiger partial charge in [-0.15, -0.1) is 0 Å². The molecule has 1 aromatic heterocycles. The molecular formula is C16H17ClN2O2. The van der Waals surface area contributed by atoms with Gasteiger partial charge in [-0.1, -0.05) is 29.3 Å². The van der Waals surface area contributed by atoms with E-state index in [0.717, 1.165) is 5.75 Å². The van der Waals surface area contributed by atoms with E-state index in [-0.39, 0.29) is 11.1 Å². The van der Waals surface area contributed by atoms with Crippen LogP contribution in [0, 0.1) is 6.92 Å². The Bertz CT molecular complexity index is 614. The minimum absolute atomic E-state index is 0.166. The van der Waals surface area contributed by atoms with Gasteiger partial charge in [-0.2, -0.15) is 0 Å². The van der Waals surface area contributed by atoms with Crippen molar-refractivity contribution >= 4 is 17.5 Å². The average molecular weight is 305 g/mol. The number of ether oxygens (including phenoxy) is 1. The van der Waals surface area contributed by atoms with Crippen molar-refractivity contribution in [2.24, 2.45) is 0 Å². The molecule has 110 valence electrons. The number of hydrogen-bond donors (Lipinski definition) is 0. The molecule has 1 aromatic carbocycles. The average Bonchev–Trinajstić information content (AvgIpc) is 2.49. The number of aryl methyl sites for hydroxylation is 1. The van der Waals surface area contributed by atoms with Gasteiger partial charge in [0.1, 0.15) is 17.5 Å². The second kappa shape index (κ2) is 7.09. The number of halogens is 1. The summed E-state index contributed by atoms with van der Waals surface area (Å²) in [5.41, 5.74) is 1.58. The molecule has 0 atom stereocenters. The Morgan fingerprint density at radius 3 is 2.67 bits per heavy atom. The molecule has 0 fully saturated rings. The van der Waals surface area contributed by atoms with E-state index in [2.05, 4.69) is 4.98 Å². The van der Waals surface area contributed by atoms with Gasteiger partial charge in [0, 0.05) is 13.2 Å². The first kappa shape index (κ1) is 15.3. The van der Waals surface area contributed by atoms with E-state index >= 15 is 0 Å². The molecule has 0 radical (unpaired) electrons. The van der Waals surface area contributed by atoms with E-state index in [4.69, 9.17) is 16.3 Å². The number of likely N-dealkylation sites (N-methyl/N-ethyl adjacent to an activating group) is 1. The highest BCUT2D eigenvalue weighted by Gasteiger charge is 2.15. The number of carbonyl (C=O) groups is 1. The summed E-state index contributed by atoms with van der Waals surface area (Å²) in [6, 6.07) is 11.1. The first-order valence-corrected chi connectivity index (χ1v) is 7.01. The number of hydrogen-bond acceptors (Lipinski definition) is 3. The minimum atomic E-state index is -0.166. The maximum atomic E-state index is 12.2. The SMILES string of the molecule is Cc1ccc(OCCN(C)C(=O)c2cccnc2Cl)cc1. The molecule has 21 heavy (non-hydrogen) atoms. The molecule has 2 aromatic rings. The highest BCUT2D eigenvalue weighted by Crippen LogP contribution is 2.14. The van der Waals surface area contributed by atoms with Gasteiger partial charge >= 0.3 is 0 Å². The number of aromatic nitrogens is 1. The zero-order valence-corrected chi connectivity index (χ0v) is 12.8. The fraction of sp³-hybridized carbons (Fsp3) is 0.250. The lowest BCUT2D eigenvalue weighted by atomic mass is 10.2. The summed E-state index contributed by atoms with van der Waals surface area (Å²) in [5.74, 6) is 0.626. The van der Waals surface area contributed by atoms with Crippen LogP contribution in [0.1, 0.15) is 15.9 Å². The molecule has 2 rings (SSSR count). The summed E-state index contributed by atoms with van der Waals surface area (Å²) in [6.07, 6.45) is 1.56. The molecule has 0 aliphatic heterocycles. The quantitative estimate of drug-likeness (QED) is 0.797. The fourth-order valence-electron chi connectivity index (χ4n) is 1.79. The summed E-state index contributed by atoms with van der Waals surface area (Å²) in [4.78, 5) is 17.7. The Balaban J connectivity index is 1.87. The van der Waals surface area contributed by atoms with Gasteiger partial charge in [0.2, 0.25) is 0 Å². The second-order valence-corrected chi connectivity index (χ2v) is 5.09. The van der Waals surface area contributed by atoms with E-state index in [1.165, 1.54) is 5.56 Å². The normalized spacial score (nSPS) is 10.2. The van der Waals surface area contributed by atoms with Gasteiger partial charge in [-0.25, -0.2) is 4.98 Å². The van der Waals surface area contributed by atoms with Crippen LogP contribution < -0.4 is 4.74 Å². The molecule has 0 aliphatic rings. The number of benzene rings is 1. The van der Waals surface area contributed by atoms with Crippen molar-refractivity contribution < 1.29 is 9.53 Å². The second-order valence-electron chi connectivity index (χ2n) is 4.73. The Labute approximate surface area is 129 Å². The number of rotatable bonds is 5. The molecule has 1 amide bonds. The molecule has 1 heterocycles. The Hall–Kier alpha value is -2.07. The van der Waals surface area contributed by atoms with Gasteiger partial charge in [0.05, 0.1) is 12.1 Å². The van der Waals surface area contributed by atoms with Crippen LogP contribution in [0.4, 0.5) is 0 Å². The van der Waals surface area contributed by atoms with Crippen molar-refractivity contribution in [1.29, 1.82) is 0 Å². The number of carbonyl (C=O) groups excluding carboxylic acids is 1. The highest BCUT2D eigenvalue weighted by atomic mass is 35.5. The van der Waals surface area contributed by atoms with Crippen LogP contribution >= 0.6 is 11.6 Å². The third-order valence-corrected chi connectivity index (χ3v) is 3.35. The predicted octanol–water partition coefficient (Wildman–Crippen LogP) is 3.19. The topological polar surface area (TPSA) is 42.4 Å². The van der Waals surface area contributed by atoms with Crippen LogP contribution in [0.2, 0.25) is 5.15 Å². The van der Waals surface area contributed by atoms with E-state index in [1.54, 1.807) is 30.3 Å². The summed E-state index contributed by atoms with van der Waals surface area (Å²) in [6.45, 7) is 2.91. The van der Waals surface area contributed by atoms with Crippen molar-refractivity contribution in [3.05, 3.63) is 58.9 Å². The Kier molecular flexibility index (Phi) is 5.17. The zero-order valence-electron chi connectivity index (χ0n) is 12.0. The summed E-state index contributed by atoms with van der Waals surface area (Å²) in [5, 5.41) is 0.216. The summed E-state index contributed by atoms with van der Waals surface area (Å²) < 4.78 is 5.61. The van der Waals surface area contributed by atoms with E-state index < -0.39 is 0 Å². The standard InChI is InChI=1S/C16H17ClN2O2/c1-12-5-7-13(8-6-12)21-11-10-19(2)16(20)14-4-3-9-18-15(14)17/h3-9H,10-11H2,1-2H3. The maximum absolute atomic E-state index is 12.2. The minimum Gasteiger partial charge on any atom is -0.492 e. The lowest BCUT2D eigenvalue weighted by Crippen LogP contribution is -2.31. The molecule has 0 saturated heterocycles. The van der Waals surface area contributed by atoms with Crippen LogP contribution in [0.15, 0.2) is 42.6 Å². The van der Waals surface area contributed by atoms with Gasteiger partial charge in [-0.3, -0.25) is 4.79 Å². The molecule has 0 bridgehead atoms. The Morgan fingerprint density at radius 2 is 2.00 bits per heavy atom. The lowest BCUT2D eigenvalue weighted by molar-refractivity contribution is 0.0773. The molecule has 0 spiro atoms. The number of nitrogens with zero attached hydrogens (tertiary/aromatic N) is 2. The fourth-order valence-corrected chi connectivity index (χ4v) is 1.99. The Morgan fingerprint density at radius 1 is 1.29 bits per heavy atom. The van der Waals surface area contributed by atoms with Gasteiger partial charge in [0.15, 0.2) is 0 Å². The van der Waals surface area contributed by atoms with Crippen molar-refractivity contribution in [2.75, 3.05) is 20.2 Å².